The van der Waals surface area contributed by atoms with Crippen molar-refractivity contribution < 1.29 is 9.18 Å². The van der Waals surface area contributed by atoms with Gasteiger partial charge in [-0.15, -0.1) is 10.2 Å². The third-order valence-electron chi connectivity index (χ3n) is 3.64. The second kappa shape index (κ2) is 6.97. The van der Waals surface area contributed by atoms with E-state index in [9.17, 15) is 9.18 Å². The Hall–Kier alpha value is -2.47. The third kappa shape index (κ3) is 3.23. The van der Waals surface area contributed by atoms with Crippen LogP contribution in [-0.4, -0.2) is 20.5 Å². The molecule has 6 heteroatoms. The van der Waals surface area contributed by atoms with Crippen molar-refractivity contribution in [3.05, 3.63) is 66.0 Å². The van der Waals surface area contributed by atoms with E-state index in [2.05, 4.69) is 10.2 Å². The fourth-order valence-corrected chi connectivity index (χ4v) is 3.42. The van der Waals surface area contributed by atoms with Crippen LogP contribution in [0.5, 0.6) is 0 Å². The van der Waals surface area contributed by atoms with Crippen molar-refractivity contribution in [1.82, 2.24) is 14.8 Å². The first-order chi connectivity index (χ1) is 11.6. The molecule has 0 radical (unpaired) electrons. The lowest BCUT2D eigenvalue weighted by Crippen LogP contribution is -2.06. The van der Waals surface area contributed by atoms with E-state index in [4.69, 9.17) is 0 Å². The molecule has 0 aliphatic carbocycles. The quantitative estimate of drug-likeness (QED) is 0.657. The molecule has 1 unspecified atom stereocenters. The fraction of sp³-hybridized carbons (Fsp3) is 0.167. The number of ketones is 1. The topological polar surface area (TPSA) is 47.8 Å². The van der Waals surface area contributed by atoms with E-state index in [1.54, 1.807) is 36.7 Å². The van der Waals surface area contributed by atoms with E-state index in [1.807, 2.05) is 30.3 Å². The first-order valence-corrected chi connectivity index (χ1v) is 8.32. The number of aromatic nitrogens is 3. The lowest BCUT2D eigenvalue weighted by molar-refractivity contribution is -0.116. The van der Waals surface area contributed by atoms with Crippen molar-refractivity contribution >= 4 is 17.5 Å². The SMILES string of the molecule is CC(=O)C(Sc1nnc(-c2ccccc2F)n1C)c1ccccc1. The van der Waals surface area contributed by atoms with Crippen LogP contribution in [0.4, 0.5) is 4.39 Å². The Balaban J connectivity index is 1.94. The van der Waals surface area contributed by atoms with Crippen molar-refractivity contribution in [3.8, 4) is 11.4 Å². The van der Waals surface area contributed by atoms with Crippen molar-refractivity contribution in [3.63, 3.8) is 0 Å². The van der Waals surface area contributed by atoms with E-state index in [0.717, 1.165) is 5.56 Å². The Kier molecular flexibility index (Phi) is 4.76. The number of nitrogens with zero attached hydrogens (tertiary/aromatic N) is 3. The zero-order chi connectivity index (χ0) is 17.1. The Morgan fingerprint density at radius 1 is 1.08 bits per heavy atom. The van der Waals surface area contributed by atoms with Gasteiger partial charge in [-0.3, -0.25) is 4.79 Å². The van der Waals surface area contributed by atoms with Gasteiger partial charge >= 0.3 is 0 Å². The lowest BCUT2D eigenvalue weighted by Gasteiger charge is -2.13. The fourth-order valence-electron chi connectivity index (χ4n) is 2.41. The van der Waals surface area contributed by atoms with Crippen molar-refractivity contribution in [2.45, 2.75) is 17.3 Å². The highest BCUT2D eigenvalue weighted by molar-refractivity contribution is 8.00. The molecule has 0 N–H and O–H groups in total. The molecule has 2 aromatic carbocycles. The summed E-state index contributed by atoms with van der Waals surface area (Å²) in [7, 11) is 1.77. The van der Waals surface area contributed by atoms with Crippen LogP contribution in [0.3, 0.4) is 0 Å². The summed E-state index contributed by atoms with van der Waals surface area (Å²) in [6.45, 7) is 1.55. The van der Waals surface area contributed by atoms with Crippen LogP contribution in [0.15, 0.2) is 59.8 Å². The van der Waals surface area contributed by atoms with Crippen LogP contribution in [0.25, 0.3) is 11.4 Å². The molecule has 0 bridgehead atoms. The summed E-state index contributed by atoms with van der Waals surface area (Å²) in [6.07, 6.45) is 0. The van der Waals surface area contributed by atoms with E-state index >= 15 is 0 Å². The summed E-state index contributed by atoms with van der Waals surface area (Å²) in [5, 5.41) is 8.43. The van der Waals surface area contributed by atoms with Gasteiger partial charge < -0.3 is 4.57 Å². The molecule has 0 aliphatic heterocycles. The Morgan fingerprint density at radius 2 is 1.75 bits per heavy atom. The Labute approximate surface area is 143 Å². The highest BCUT2D eigenvalue weighted by Crippen LogP contribution is 2.36. The number of thioether (sulfide) groups is 1. The average molecular weight is 341 g/mol. The molecule has 1 aromatic heterocycles. The van der Waals surface area contributed by atoms with Crippen LogP contribution in [0, 0.1) is 5.82 Å². The summed E-state index contributed by atoms with van der Waals surface area (Å²) < 4.78 is 15.7. The number of carbonyl (C=O) groups excluding carboxylic acids is 1. The second-order valence-corrected chi connectivity index (χ2v) is 6.44. The molecule has 24 heavy (non-hydrogen) atoms. The molecule has 0 amide bonds. The highest BCUT2D eigenvalue weighted by atomic mass is 32.2. The Morgan fingerprint density at radius 3 is 2.42 bits per heavy atom. The van der Waals surface area contributed by atoms with Crippen LogP contribution in [0.1, 0.15) is 17.7 Å². The van der Waals surface area contributed by atoms with Crippen molar-refractivity contribution in [2.75, 3.05) is 0 Å². The monoisotopic (exact) mass is 341 g/mol. The van der Waals surface area contributed by atoms with Gasteiger partial charge in [0.15, 0.2) is 11.0 Å². The first kappa shape index (κ1) is 16.4. The summed E-state index contributed by atoms with van der Waals surface area (Å²) in [4.78, 5) is 12.1. The molecule has 0 aliphatic rings. The van der Waals surface area contributed by atoms with E-state index in [0.29, 0.717) is 16.5 Å². The van der Waals surface area contributed by atoms with Gasteiger partial charge in [-0.1, -0.05) is 54.2 Å². The number of carbonyl (C=O) groups is 1. The van der Waals surface area contributed by atoms with E-state index in [-0.39, 0.29) is 16.9 Å². The van der Waals surface area contributed by atoms with Crippen LogP contribution >= 0.6 is 11.8 Å². The summed E-state index contributed by atoms with van der Waals surface area (Å²) in [6, 6.07) is 16.0. The number of Topliss-reactive ketones (excluding diaryl/α,β-unsaturated/α-hetero) is 1. The largest absolute Gasteiger partial charge is 0.305 e. The van der Waals surface area contributed by atoms with Crippen molar-refractivity contribution in [1.29, 1.82) is 0 Å². The zero-order valence-electron chi connectivity index (χ0n) is 13.3. The van der Waals surface area contributed by atoms with Gasteiger partial charge in [-0.2, -0.15) is 0 Å². The van der Waals surface area contributed by atoms with Gasteiger partial charge in [0.05, 0.1) is 10.8 Å². The van der Waals surface area contributed by atoms with Crippen LogP contribution < -0.4 is 0 Å². The molecule has 0 spiro atoms. The highest BCUT2D eigenvalue weighted by Gasteiger charge is 2.22. The molecule has 3 rings (SSSR count). The van der Waals surface area contributed by atoms with Crippen LogP contribution in [0.2, 0.25) is 0 Å². The minimum atomic E-state index is -0.373. The minimum Gasteiger partial charge on any atom is -0.305 e. The number of rotatable bonds is 5. The zero-order valence-corrected chi connectivity index (χ0v) is 14.1. The molecule has 0 saturated heterocycles. The van der Waals surface area contributed by atoms with Crippen molar-refractivity contribution in [2.24, 2.45) is 7.05 Å². The van der Waals surface area contributed by atoms with Gasteiger partial charge in [-0.25, -0.2) is 4.39 Å². The second-order valence-electron chi connectivity index (χ2n) is 5.36. The Bertz CT molecular complexity index is 864. The summed E-state index contributed by atoms with van der Waals surface area (Å²) in [5.41, 5.74) is 1.30. The molecule has 122 valence electrons. The number of hydrogen-bond donors (Lipinski definition) is 0. The van der Waals surface area contributed by atoms with Gasteiger partial charge in [0, 0.05) is 7.05 Å². The van der Waals surface area contributed by atoms with E-state index < -0.39 is 0 Å². The standard InChI is InChI=1S/C18H16FN3OS/c1-12(23)16(13-8-4-3-5-9-13)24-18-21-20-17(22(18)2)14-10-6-7-11-15(14)19/h3-11,16H,1-2H3. The predicted octanol–water partition coefficient (Wildman–Crippen LogP) is 4.04. The molecule has 1 atom stereocenters. The maximum Gasteiger partial charge on any atom is 0.192 e. The summed E-state index contributed by atoms with van der Waals surface area (Å²) >= 11 is 1.32. The molecule has 0 saturated carbocycles. The third-order valence-corrected chi connectivity index (χ3v) is 5.05. The minimum absolute atomic E-state index is 0.0293. The number of hydrogen-bond acceptors (Lipinski definition) is 4. The predicted molar refractivity (Wildman–Crippen MR) is 92.1 cm³/mol. The van der Waals surface area contributed by atoms with Crippen LogP contribution in [-0.2, 0) is 11.8 Å². The number of benzene rings is 2. The molecule has 3 aromatic rings. The molecule has 4 nitrogen and oxygen atoms in total. The van der Waals surface area contributed by atoms with Gasteiger partial charge in [0.1, 0.15) is 11.6 Å². The first-order valence-electron chi connectivity index (χ1n) is 7.44. The molecular formula is C18H16FN3OS. The van der Waals surface area contributed by atoms with E-state index in [1.165, 1.54) is 17.8 Å². The molecule has 0 fully saturated rings. The maximum atomic E-state index is 14.0. The lowest BCUT2D eigenvalue weighted by atomic mass is 10.1. The normalized spacial score (nSPS) is 12.1. The maximum absolute atomic E-state index is 14.0. The van der Waals surface area contributed by atoms with Gasteiger partial charge in [0.2, 0.25) is 0 Å². The molecular weight excluding hydrogens is 325 g/mol. The van der Waals surface area contributed by atoms with Gasteiger partial charge in [0.25, 0.3) is 0 Å². The smallest absolute Gasteiger partial charge is 0.192 e. The molecule has 1 heterocycles. The summed E-state index contributed by atoms with van der Waals surface area (Å²) in [5.74, 6) is 0.114. The number of halogens is 1. The average Bonchev–Trinajstić information content (AvgIpc) is 2.94. The van der Waals surface area contributed by atoms with Gasteiger partial charge in [-0.05, 0) is 24.6 Å².